The molecule has 0 fully saturated rings. The summed E-state index contributed by atoms with van der Waals surface area (Å²) in [5.41, 5.74) is 0.632. The van der Waals surface area contributed by atoms with Gasteiger partial charge in [-0.25, -0.2) is 4.39 Å². The number of halogens is 2. The zero-order valence-corrected chi connectivity index (χ0v) is 13.7. The molecule has 0 aliphatic carbocycles. The number of thiophene rings is 1. The number of benzene rings is 1. The van der Waals surface area contributed by atoms with Crippen molar-refractivity contribution in [2.24, 2.45) is 0 Å². The van der Waals surface area contributed by atoms with E-state index in [0.717, 1.165) is 22.9 Å². The average molecular weight is 328 g/mol. The Labute approximate surface area is 133 Å². The van der Waals surface area contributed by atoms with E-state index >= 15 is 0 Å². The third-order valence-electron chi connectivity index (χ3n) is 3.29. The summed E-state index contributed by atoms with van der Waals surface area (Å²) in [6, 6.07) is 7.12. The first-order valence-corrected chi connectivity index (χ1v) is 8.20. The summed E-state index contributed by atoms with van der Waals surface area (Å²) in [7, 11) is 1.48. The minimum atomic E-state index is -0.295. The van der Waals surface area contributed by atoms with Gasteiger partial charge in [-0.2, -0.15) is 0 Å². The van der Waals surface area contributed by atoms with E-state index in [1.54, 1.807) is 23.5 Å². The van der Waals surface area contributed by atoms with E-state index in [4.69, 9.17) is 16.3 Å². The Kier molecular flexibility index (Phi) is 6.03. The molecule has 2 rings (SSSR count). The van der Waals surface area contributed by atoms with Crippen LogP contribution in [0, 0.1) is 5.82 Å². The smallest absolute Gasteiger partial charge is 0.168 e. The summed E-state index contributed by atoms with van der Waals surface area (Å²) in [4.78, 5) is 1.05. The summed E-state index contributed by atoms with van der Waals surface area (Å²) in [5, 5.41) is 6.14. The van der Waals surface area contributed by atoms with E-state index in [-0.39, 0.29) is 17.6 Å². The fourth-order valence-electron chi connectivity index (χ4n) is 2.22. The lowest BCUT2D eigenvalue weighted by molar-refractivity contribution is 0.382. The van der Waals surface area contributed by atoms with Crippen molar-refractivity contribution < 1.29 is 9.13 Å². The van der Waals surface area contributed by atoms with Crippen molar-refractivity contribution in [3.05, 3.63) is 50.9 Å². The van der Waals surface area contributed by atoms with Crippen LogP contribution in [-0.2, 0) is 6.42 Å². The lowest BCUT2D eigenvalue weighted by atomic mass is 10.0. The average Bonchev–Trinajstić information content (AvgIpc) is 2.91. The third-order valence-corrected chi connectivity index (χ3v) is 4.76. The molecule has 0 bridgehead atoms. The molecule has 114 valence electrons. The molecule has 0 aliphatic rings. The molecule has 21 heavy (non-hydrogen) atoms. The van der Waals surface area contributed by atoms with Gasteiger partial charge in [0.05, 0.1) is 12.1 Å². The van der Waals surface area contributed by atoms with Crippen LogP contribution in [0.5, 0.6) is 5.75 Å². The SMILES string of the molecule is CCCNC(Cc1cccc(OC)c1F)c1sccc1Cl. The lowest BCUT2D eigenvalue weighted by Crippen LogP contribution is -2.24. The number of hydrogen-bond donors (Lipinski definition) is 1. The van der Waals surface area contributed by atoms with Gasteiger partial charge < -0.3 is 10.1 Å². The maximum atomic E-state index is 14.3. The Hall–Kier alpha value is -1.10. The molecule has 0 amide bonds. The molecule has 2 aromatic rings. The van der Waals surface area contributed by atoms with Crippen molar-refractivity contribution in [2.45, 2.75) is 25.8 Å². The van der Waals surface area contributed by atoms with Gasteiger partial charge in [0.25, 0.3) is 0 Å². The standard InChI is InChI=1S/C16H19ClFNOS/c1-3-8-19-13(16-12(17)7-9-21-16)10-11-5-4-6-14(20-2)15(11)18/h4-7,9,13,19H,3,8,10H2,1-2H3. The van der Waals surface area contributed by atoms with Gasteiger partial charge >= 0.3 is 0 Å². The van der Waals surface area contributed by atoms with Crippen LogP contribution in [-0.4, -0.2) is 13.7 Å². The fraction of sp³-hybridized carbons (Fsp3) is 0.375. The summed E-state index contributed by atoms with van der Waals surface area (Å²) in [6.07, 6.45) is 1.56. The van der Waals surface area contributed by atoms with E-state index in [0.29, 0.717) is 12.0 Å². The van der Waals surface area contributed by atoms with Gasteiger partial charge in [-0.3, -0.25) is 0 Å². The van der Waals surface area contributed by atoms with Crippen LogP contribution in [0.1, 0.15) is 29.8 Å². The molecule has 1 aromatic heterocycles. The number of hydrogen-bond acceptors (Lipinski definition) is 3. The first kappa shape index (κ1) is 16.3. The van der Waals surface area contributed by atoms with Gasteiger partial charge in [0.2, 0.25) is 0 Å². The van der Waals surface area contributed by atoms with E-state index in [2.05, 4.69) is 12.2 Å². The minimum absolute atomic E-state index is 0.0130. The Morgan fingerprint density at radius 2 is 2.19 bits per heavy atom. The van der Waals surface area contributed by atoms with Gasteiger partial charge in [-0.05, 0) is 42.5 Å². The van der Waals surface area contributed by atoms with Crippen molar-refractivity contribution in [1.82, 2.24) is 5.32 Å². The highest BCUT2D eigenvalue weighted by Crippen LogP contribution is 2.32. The molecule has 2 nitrogen and oxygen atoms in total. The zero-order valence-electron chi connectivity index (χ0n) is 12.2. The van der Waals surface area contributed by atoms with Gasteiger partial charge in [-0.15, -0.1) is 11.3 Å². The van der Waals surface area contributed by atoms with Gasteiger partial charge in [-0.1, -0.05) is 30.7 Å². The molecule has 0 saturated heterocycles. The number of ether oxygens (including phenoxy) is 1. The van der Waals surface area contributed by atoms with E-state index in [1.807, 2.05) is 17.5 Å². The zero-order chi connectivity index (χ0) is 15.2. The predicted octanol–water partition coefficient (Wildman–Crippen LogP) is 4.83. The molecule has 1 atom stereocenters. The second kappa shape index (κ2) is 7.78. The fourth-order valence-corrected chi connectivity index (χ4v) is 3.49. The van der Waals surface area contributed by atoms with Gasteiger partial charge in [0.15, 0.2) is 11.6 Å². The highest BCUT2D eigenvalue weighted by atomic mass is 35.5. The van der Waals surface area contributed by atoms with Crippen LogP contribution < -0.4 is 10.1 Å². The first-order chi connectivity index (χ1) is 10.2. The van der Waals surface area contributed by atoms with Crippen LogP contribution >= 0.6 is 22.9 Å². The number of rotatable bonds is 7. The van der Waals surface area contributed by atoms with Crippen LogP contribution in [0.25, 0.3) is 0 Å². The van der Waals surface area contributed by atoms with Crippen LogP contribution in [0.4, 0.5) is 4.39 Å². The second-order valence-corrected chi connectivity index (χ2v) is 6.13. The Bertz CT molecular complexity index is 587. The molecule has 1 unspecified atom stereocenters. The largest absolute Gasteiger partial charge is 0.494 e. The van der Waals surface area contributed by atoms with E-state index in [1.165, 1.54) is 7.11 Å². The van der Waals surface area contributed by atoms with Crippen LogP contribution in [0.2, 0.25) is 5.02 Å². The first-order valence-electron chi connectivity index (χ1n) is 6.95. The van der Waals surface area contributed by atoms with Crippen molar-refractivity contribution in [3.8, 4) is 5.75 Å². The van der Waals surface area contributed by atoms with E-state index < -0.39 is 0 Å². The molecule has 1 heterocycles. The third kappa shape index (κ3) is 3.96. The Morgan fingerprint density at radius 3 is 2.81 bits per heavy atom. The van der Waals surface area contributed by atoms with Crippen LogP contribution in [0.3, 0.4) is 0 Å². The van der Waals surface area contributed by atoms with Crippen molar-refractivity contribution in [2.75, 3.05) is 13.7 Å². The quantitative estimate of drug-likeness (QED) is 0.786. The summed E-state index contributed by atoms with van der Waals surface area (Å²) in [6.45, 7) is 2.97. The maximum Gasteiger partial charge on any atom is 0.168 e. The second-order valence-electron chi connectivity index (χ2n) is 4.78. The molecule has 1 aromatic carbocycles. The Morgan fingerprint density at radius 1 is 1.38 bits per heavy atom. The van der Waals surface area contributed by atoms with E-state index in [9.17, 15) is 4.39 Å². The molecule has 5 heteroatoms. The summed E-state index contributed by atoms with van der Waals surface area (Å²) in [5.74, 6) is -0.0185. The van der Waals surface area contributed by atoms with Crippen molar-refractivity contribution in [3.63, 3.8) is 0 Å². The molecule has 1 N–H and O–H groups in total. The lowest BCUT2D eigenvalue weighted by Gasteiger charge is -2.19. The molecular weight excluding hydrogens is 309 g/mol. The summed E-state index contributed by atoms with van der Waals surface area (Å²) < 4.78 is 19.4. The Balaban J connectivity index is 2.25. The molecular formula is C16H19ClFNOS. The summed E-state index contributed by atoms with van der Waals surface area (Å²) >= 11 is 7.83. The van der Waals surface area contributed by atoms with Crippen LogP contribution in [0.15, 0.2) is 29.6 Å². The number of nitrogens with one attached hydrogen (secondary N) is 1. The highest BCUT2D eigenvalue weighted by molar-refractivity contribution is 7.10. The van der Waals surface area contributed by atoms with Gasteiger partial charge in [0, 0.05) is 10.9 Å². The molecule has 0 saturated carbocycles. The topological polar surface area (TPSA) is 21.3 Å². The highest BCUT2D eigenvalue weighted by Gasteiger charge is 2.19. The van der Waals surface area contributed by atoms with Crippen molar-refractivity contribution >= 4 is 22.9 Å². The molecule has 0 radical (unpaired) electrons. The monoisotopic (exact) mass is 327 g/mol. The molecule has 0 spiro atoms. The predicted molar refractivity (Wildman–Crippen MR) is 87.0 cm³/mol. The number of methoxy groups -OCH3 is 1. The minimum Gasteiger partial charge on any atom is -0.494 e. The van der Waals surface area contributed by atoms with Crippen molar-refractivity contribution in [1.29, 1.82) is 0 Å². The maximum absolute atomic E-state index is 14.3. The molecule has 0 aliphatic heterocycles. The van der Waals surface area contributed by atoms with Gasteiger partial charge in [0.1, 0.15) is 0 Å². The normalized spacial score (nSPS) is 12.4.